The topological polar surface area (TPSA) is 118 Å². The molecule has 1 aromatic heterocycles. The van der Waals surface area contributed by atoms with Crippen molar-refractivity contribution in [3.63, 3.8) is 0 Å². The second kappa shape index (κ2) is 20.4. The molecule has 5 aromatic rings. The van der Waals surface area contributed by atoms with Gasteiger partial charge in [-0.25, -0.2) is 4.79 Å². The summed E-state index contributed by atoms with van der Waals surface area (Å²) in [4.78, 5) is 48.5. The maximum absolute atomic E-state index is 15.3. The molecule has 9 rings (SSSR count). The van der Waals surface area contributed by atoms with Crippen molar-refractivity contribution in [3.05, 3.63) is 148 Å². The Morgan fingerprint density at radius 3 is 1.81 bits per heavy atom. The molecule has 1 fully saturated rings. The normalized spacial score (nSPS) is 18.6. The Kier molecular flexibility index (Phi) is 13.9. The number of unbranched alkanes of at least 4 members (excludes halogenated alkanes) is 2. The highest BCUT2D eigenvalue weighted by atomic mass is 16.4. The number of amides is 2. The second-order valence-corrected chi connectivity index (χ2v) is 19.5. The Morgan fingerprint density at radius 2 is 1.28 bits per heavy atom. The van der Waals surface area contributed by atoms with E-state index in [0.29, 0.717) is 53.3 Å². The van der Waals surface area contributed by atoms with Crippen molar-refractivity contribution < 1.29 is 23.9 Å². The van der Waals surface area contributed by atoms with Crippen molar-refractivity contribution in [2.45, 2.75) is 117 Å². The lowest BCUT2D eigenvalue weighted by Gasteiger charge is -2.29. The number of benzene rings is 4. The second-order valence-electron chi connectivity index (χ2n) is 19.5. The number of nitrogens with zero attached hydrogens (tertiary/aromatic N) is 4. The average molecular weight is 921 g/mol. The lowest BCUT2D eigenvalue weighted by atomic mass is 9.93. The molecule has 4 atom stereocenters. The minimum absolute atomic E-state index is 0.132. The van der Waals surface area contributed by atoms with Crippen LogP contribution >= 0.6 is 0 Å². The predicted molar refractivity (Wildman–Crippen MR) is 275 cm³/mol. The first-order chi connectivity index (χ1) is 33.6. The first kappa shape index (κ1) is 47.2. The van der Waals surface area contributed by atoms with Crippen LogP contribution < -0.4 is 4.90 Å². The zero-order valence-electron chi connectivity index (χ0n) is 40.8. The molecule has 4 aromatic carbocycles. The van der Waals surface area contributed by atoms with Crippen molar-refractivity contribution in [2.75, 3.05) is 18.0 Å². The van der Waals surface area contributed by atoms with Gasteiger partial charge in [0.25, 0.3) is 11.8 Å². The number of carbonyl (C=O) groups excluding carboxylic acids is 2. The van der Waals surface area contributed by atoms with Crippen molar-refractivity contribution in [1.82, 2.24) is 9.80 Å². The predicted octanol–water partition coefficient (Wildman–Crippen LogP) is 13.9. The molecule has 0 saturated heterocycles. The molecule has 4 heterocycles. The standard InChI is InChI=1S/C60H64N4O5/c1-6-10-13-39(8-3)36-62-56(43-23-19-41(20-24-43)45-27-31-52-50(34-45)49-15-12-16-51(49)64(52)47-28-17-38(5)18-29-47)54-55(59(62)66)57(63(58(54)65)37-40(9-4)14-11-7-2)44-25-21-42(22-26-44)53-32-30-48(69-53)33-46(35-61)60(67)68/h17-34,39-40,49,51H,6-16,36-37H2,1-5H3,(H,67,68)/b46-33-. The molecule has 1 saturated carbocycles. The Hall–Kier alpha value is -6.92. The van der Waals surface area contributed by atoms with E-state index in [9.17, 15) is 15.2 Å². The summed E-state index contributed by atoms with van der Waals surface area (Å²) in [5.74, 6) is 0.179. The highest BCUT2D eigenvalue weighted by Gasteiger charge is 2.49. The number of hydrogen-bond acceptors (Lipinski definition) is 6. The maximum Gasteiger partial charge on any atom is 0.346 e. The van der Waals surface area contributed by atoms with E-state index in [-0.39, 0.29) is 29.4 Å². The zero-order chi connectivity index (χ0) is 48.3. The number of carbonyl (C=O) groups is 3. The fourth-order valence-corrected chi connectivity index (χ4v) is 11.3. The largest absolute Gasteiger partial charge is 0.477 e. The Bertz CT molecular complexity index is 2880. The Balaban J connectivity index is 1.12. The van der Waals surface area contributed by atoms with Crippen LogP contribution in [0, 0.1) is 30.1 Å². The van der Waals surface area contributed by atoms with Crippen molar-refractivity contribution in [2.24, 2.45) is 11.8 Å². The first-order valence-corrected chi connectivity index (χ1v) is 25.4. The van der Waals surface area contributed by atoms with E-state index in [1.54, 1.807) is 18.2 Å². The molecular formula is C60H64N4O5. The molecule has 4 aliphatic rings. The van der Waals surface area contributed by atoms with Crippen molar-refractivity contribution in [3.8, 4) is 28.5 Å². The molecule has 0 spiro atoms. The number of hydrogen-bond donors (Lipinski definition) is 1. The molecule has 9 nitrogen and oxygen atoms in total. The molecule has 1 aliphatic carbocycles. The van der Waals surface area contributed by atoms with E-state index in [1.165, 1.54) is 53.4 Å². The molecule has 354 valence electrons. The summed E-state index contributed by atoms with van der Waals surface area (Å²) in [5, 5.41) is 18.6. The van der Waals surface area contributed by atoms with Gasteiger partial charge >= 0.3 is 5.97 Å². The van der Waals surface area contributed by atoms with Crippen LogP contribution in [0.3, 0.4) is 0 Å². The van der Waals surface area contributed by atoms with E-state index in [2.05, 4.69) is 106 Å². The fourth-order valence-electron chi connectivity index (χ4n) is 11.3. The zero-order valence-corrected chi connectivity index (χ0v) is 40.8. The molecule has 2 amide bonds. The number of nitriles is 1. The third kappa shape index (κ3) is 9.10. The number of furan rings is 1. The van der Waals surface area contributed by atoms with E-state index in [1.807, 2.05) is 34.1 Å². The summed E-state index contributed by atoms with van der Waals surface area (Å²) in [6.07, 6.45) is 12.9. The Morgan fingerprint density at radius 1 is 0.725 bits per heavy atom. The third-order valence-electron chi connectivity index (χ3n) is 15.2. The monoisotopic (exact) mass is 920 g/mol. The van der Waals surface area contributed by atoms with Gasteiger partial charge in [0, 0.05) is 48.1 Å². The minimum Gasteiger partial charge on any atom is -0.477 e. The third-order valence-corrected chi connectivity index (χ3v) is 15.2. The van der Waals surface area contributed by atoms with Gasteiger partial charge in [-0.05, 0) is 109 Å². The fraction of sp³-hybridized carbons (Fsp3) is 0.367. The molecule has 0 radical (unpaired) electrons. The van der Waals surface area contributed by atoms with Crippen LogP contribution in [0.4, 0.5) is 11.4 Å². The van der Waals surface area contributed by atoms with Crippen LogP contribution in [0.2, 0.25) is 0 Å². The van der Waals surface area contributed by atoms with Crippen LogP contribution in [0.25, 0.3) is 39.9 Å². The van der Waals surface area contributed by atoms with E-state index in [4.69, 9.17) is 4.42 Å². The summed E-state index contributed by atoms with van der Waals surface area (Å²) in [6.45, 7) is 11.9. The maximum atomic E-state index is 15.3. The van der Waals surface area contributed by atoms with E-state index >= 15 is 9.59 Å². The van der Waals surface area contributed by atoms with Gasteiger partial charge in [-0.3, -0.25) is 9.59 Å². The summed E-state index contributed by atoms with van der Waals surface area (Å²) >= 11 is 0. The van der Waals surface area contributed by atoms with Crippen LogP contribution in [0.15, 0.2) is 124 Å². The van der Waals surface area contributed by atoms with Crippen molar-refractivity contribution >= 4 is 46.6 Å². The minimum atomic E-state index is -1.33. The SMILES string of the molecule is CCCCC(CC)CN1C(=O)C2=C(c3ccc(-c4ccc(/C=C(/C#N)C(=O)O)o4)cc3)N(CC(CC)CCCC)C(=O)C2=C1c1ccc(-c2ccc3c(c2)C2CCCC2N3c2ccc(C)cc2)cc1. The summed E-state index contributed by atoms with van der Waals surface area (Å²) in [7, 11) is 0. The molecule has 3 aliphatic heterocycles. The Labute approximate surface area is 407 Å². The lowest BCUT2D eigenvalue weighted by molar-refractivity contribution is -0.132. The van der Waals surface area contributed by atoms with Gasteiger partial charge in [-0.2, -0.15) is 5.26 Å². The quantitative estimate of drug-likeness (QED) is 0.0647. The number of anilines is 2. The van der Waals surface area contributed by atoms with Gasteiger partial charge in [-0.1, -0.05) is 145 Å². The number of fused-ring (bicyclic) bond motifs is 4. The summed E-state index contributed by atoms with van der Waals surface area (Å²) < 4.78 is 5.96. The van der Waals surface area contributed by atoms with Crippen LogP contribution in [0.5, 0.6) is 0 Å². The van der Waals surface area contributed by atoms with Gasteiger partial charge in [0.1, 0.15) is 23.2 Å². The molecular weight excluding hydrogens is 857 g/mol. The lowest BCUT2D eigenvalue weighted by Crippen LogP contribution is -2.34. The van der Waals surface area contributed by atoms with Gasteiger partial charge in [0.05, 0.1) is 22.5 Å². The molecule has 1 N–H and O–H groups in total. The number of aryl methyl sites for hydroxylation is 1. The molecule has 0 bridgehead atoms. The van der Waals surface area contributed by atoms with Crippen molar-refractivity contribution in [1.29, 1.82) is 5.26 Å². The highest BCUT2D eigenvalue weighted by Crippen LogP contribution is 2.53. The first-order valence-electron chi connectivity index (χ1n) is 25.4. The van der Waals surface area contributed by atoms with E-state index < -0.39 is 11.5 Å². The highest BCUT2D eigenvalue weighted by molar-refractivity contribution is 6.30. The van der Waals surface area contributed by atoms with Gasteiger partial charge in [0.15, 0.2) is 0 Å². The number of carboxylic acid groups (broad SMARTS) is 1. The van der Waals surface area contributed by atoms with Crippen LogP contribution in [0.1, 0.15) is 132 Å². The molecule has 4 unspecified atom stereocenters. The van der Waals surface area contributed by atoms with Gasteiger partial charge < -0.3 is 24.2 Å². The number of aliphatic carboxylic acids is 1. The van der Waals surface area contributed by atoms with Gasteiger partial charge in [0.2, 0.25) is 0 Å². The van der Waals surface area contributed by atoms with Crippen LogP contribution in [-0.4, -0.2) is 51.8 Å². The smallest absolute Gasteiger partial charge is 0.346 e. The summed E-state index contributed by atoms with van der Waals surface area (Å²) in [6, 6.07) is 37.6. The van der Waals surface area contributed by atoms with Crippen LogP contribution in [-0.2, 0) is 14.4 Å². The van der Waals surface area contributed by atoms with Gasteiger partial charge in [-0.15, -0.1) is 0 Å². The van der Waals surface area contributed by atoms with E-state index in [0.717, 1.165) is 73.6 Å². The molecule has 9 heteroatoms. The number of rotatable bonds is 19. The number of carboxylic acids is 1. The molecule has 69 heavy (non-hydrogen) atoms. The summed E-state index contributed by atoms with van der Waals surface area (Å²) in [5.41, 5.74) is 11.7. The average Bonchev–Trinajstić information content (AvgIpc) is 4.20.